The summed E-state index contributed by atoms with van der Waals surface area (Å²) >= 11 is 1.38. The normalized spacial score (nSPS) is 10.9. The van der Waals surface area contributed by atoms with Crippen molar-refractivity contribution < 1.29 is 14.5 Å². The zero-order chi connectivity index (χ0) is 22.1. The number of aromatic nitrogens is 2. The monoisotopic (exact) mass is 435 g/mol. The second-order valence-electron chi connectivity index (χ2n) is 6.96. The van der Waals surface area contributed by atoms with Crippen LogP contribution >= 0.6 is 11.3 Å². The molecule has 2 aromatic heterocycles. The van der Waals surface area contributed by atoms with Gasteiger partial charge in [-0.05, 0) is 31.5 Å². The molecular weight excluding hydrogens is 418 g/mol. The first-order valence-corrected chi connectivity index (χ1v) is 10.2. The first kappa shape index (κ1) is 20.4. The zero-order valence-corrected chi connectivity index (χ0v) is 17.5. The van der Waals surface area contributed by atoms with Crippen molar-refractivity contribution in [3.63, 3.8) is 0 Å². The highest BCUT2D eigenvalue weighted by Crippen LogP contribution is 2.20. The summed E-state index contributed by atoms with van der Waals surface area (Å²) in [5.41, 5.74) is 2.69. The molecule has 8 nitrogen and oxygen atoms in total. The number of hydrogen-bond acceptors (Lipinski definition) is 7. The van der Waals surface area contributed by atoms with E-state index in [1.165, 1.54) is 35.6 Å². The van der Waals surface area contributed by atoms with Gasteiger partial charge in [-0.2, -0.15) is 4.98 Å². The molecule has 2 heterocycles. The van der Waals surface area contributed by atoms with Crippen molar-refractivity contribution >= 4 is 27.8 Å². The minimum atomic E-state index is -0.508. The van der Waals surface area contributed by atoms with Crippen molar-refractivity contribution in [1.29, 1.82) is 0 Å². The molecule has 4 aromatic rings. The zero-order valence-electron chi connectivity index (χ0n) is 16.7. The van der Waals surface area contributed by atoms with Crippen molar-refractivity contribution in [2.24, 2.45) is 0 Å². The van der Waals surface area contributed by atoms with E-state index in [2.05, 4.69) is 4.98 Å². The minimum Gasteiger partial charge on any atom is -0.472 e. The van der Waals surface area contributed by atoms with Crippen LogP contribution in [0.25, 0.3) is 4.96 Å². The Labute approximate surface area is 180 Å². The first-order valence-electron chi connectivity index (χ1n) is 9.33. The standard InChI is InChI=1S/C22H17N3O5S/c1-13-12-31-22-23-20(14(2)21(27)24(13)22)30-11-15-3-5-16(6-4-15)19(26)17-7-9-18(10-8-17)25(28)29/h3-10,12H,11H2,1-2H3. The lowest BCUT2D eigenvalue weighted by Gasteiger charge is -2.09. The topological polar surface area (TPSA) is 104 Å². The number of ether oxygens (including phenoxy) is 1. The average Bonchev–Trinajstić information content (AvgIpc) is 3.15. The molecule has 2 aromatic carbocycles. The van der Waals surface area contributed by atoms with Gasteiger partial charge in [0.1, 0.15) is 6.61 Å². The van der Waals surface area contributed by atoms with Gasteiger partial charge in [-0.25, -0.2) is 0 Å². The molecule has 0 aliphatic carbocycles. The molecule has 0 fully saturated rings. The lowest BCUT2D eigenvalue weighted by molar-refractivity contribution is -0.384. The molecule has 0 radical (unpaired) electrons. The number of ketones is 1. The van der Waals surface area contributed by atoms with Gasteiger partial charge < -0.3 is 4.74 Å². The second-order valence-corrected chi connectivity index (χ2v) is 7.80. The molecule has 0 spiro atoms. The van der Waals surface area contributed by atoms with Gasteiger partial charge in [0, 0.05) is 34.3 Å². The molecule has 0 saturated heterocycles. The van der Waals surface area contributed by atoms with Crippen LogP contribution in [-0.4, -0.2) is 20.1 Å². The van der Waals surface area contributed by atoms with E-state index in [4.69, 9.17) is 4.74 Å². The number of aryl methyl sites for hydroxylation is 1. The van der Waals surface area contributed by atoms with Crippen LogP contribution in [0.4, 0.5) is 5.69 Å². The first-order chi connectivity index (χ1) is 14.8. The molecule has 9 heteroatoms. The van der Waals surface area contributed by atoms with Crippen molar-refractivity contribution in [3.05, 3.63) is 102 Å². The lowest BCUT2D eigenvalue weighted by atomic mass is 10.0. The molecule has 0 unspecified atom stereocenters. The quantitative estimate of drug-likeness (QED) is 0.257. The Morgan fingerprint density at radius 3 is 2.32 bits per heavy atom. The van der Waals surface area contributed by atoms with E-state index in [0.29, 0.717) is 21.7 Å². The van der Waals surface area contributed by atoms with E-state index >= 15 is 0 Å². The van der Waals surface area contributed by atoms with Crippen LogP contribution in [-0.2, 0) is 6.61 Å². The van der Waals surface area contributed by atoms with E-state index in [0.717, 1.165) is 11.3 Å². The predicted octanol–water partition coefficient (Wildman–Crippen LogP) is 4.09. The Morgan fingerprint density at radius 2 is 1.71 bits per heavy atom. The molecule has 4 rings (SSSR count). The van der Waals surface area contributed by atoms with Gasteiger partial charge in [-0.3, -0.25) is 24.1 Å². The summed E-state index contributed by atoms with van der Waals surface area (Å²) in [5.74, 6) is 0.0595. The molecule has 0 aliphatic heterocycles. The molecular formula is C22H17N3O5S. The Hall–Kier alpha value is -3.85. The molecule has 0 atom stereocenters. The van der Waals surface area contributed by atoms with Crippen molar-refractivity contribution in [2.75, 3.05) is 0 Å². The Balaban J connectivity index is 1.48. The van der Waals surface area contributed by atoms with Crippen LogP contribution in [0, 0.1) is 24.0 Å². The molecule has 0 bridgehead atoms. The van der Waals surface area contributed by atoms with Crippen molar-refractivity contribution in [2.45, 2.75) is 20.5 Å². The van der Waals surface area contributed by atoms with Gasteiger partial charge in [0.25, 0.3) is 11.2 Å². The molecule has 0 amide bonds. The van der Waals surface area contributed by atoms with Crippen LogP contribution in [0.2, 0.25) is 0 Å². The lowest BCUT2D eigenvalue weighted by Crippen LogP contribution is -2.19. The Kier molecular flexibility index (Phi) is 5.35. The minimum absolute atomic E-state index is 0.0662. The fourth-order valence-corrected chi connectivity index (χ4v) is 3.94. The highest BCUT2D eigenvalue weighted by molar-refractivity contribution is 7.15. The Morgan fingerprint density at radius 1 is 1.10 bits per heavy atom. The average molecular weight is 435 g/mol. The molecule has 0 aliphatic rings. The number of nitro groups is 1. The van der Waals surface area contributed by atoms with Crippen molar-refractivity contribution in [3.8, 4) is 5.88 Å². The third kappa shape index (κ3) is 3.95. The van der Waals surface area contributed by atoms with Gasteiger partial charge >= 0.3 is 0 Å². The van der Waals surface area contributed by atoms with Crippen LogP contribution in [0.3, 0.4) is 0 Å². The van der Waals surface area contributed by atoms with Crippen LogP contribution in [0.5, 0.6) is 5.88 Å². The highest BCUT2D eigenvalue weighted by atomic mass is 32.1. The number of benzene rings is 2. The molecule has 31 heavy (non-hydrogen) atoms. The maximum atomic E-state index is 12.6. The van der Waals surface area contributed by atoms with E-state index in [1.54, 1.807) is 35.6 Å². The third-order valence-electron chi connectivity index (χ3n) is 4.85. The second kappa shape index (κ2) is 8.11. The summed E-state index contributed by atoms with van der Waals surface area (Å²) in [4.78, 5) is 40.4. The summed E-state index contributed by atoms with van der Waals surface area (Å²) in [6.07, 6.45) is 0. The number of fused-ring (bicyclic) bond motifs is 1. The summed E-state index contributed by atoms with van der Waals surface area (Å²) in [6, 6.07) is 12.3. The van der Waals surface area contributed by atoms with Crippen molar-refractivity contribution in [1.82, 2.24) is 9.38 Å². The summed E-state index contributed by atoms with van der Waals surface area (Å²) < 4.78 is 7.34. The Bertz CT molecular complexity index is 1360. The van der Waals surface area contributed by atoms with Gasteiger partial charge in [0.05, 0.1) is 10.5 Å². The number of carbonyl (C=O) groups excluding carboxylic acids is 1. The van der Waals surface area contributed by atoms with E-state index in [-0.39, 0.29) is 29.5 Å². The SMILES string of the molecule is Cc1c(OCc2ccc(C(=O)c3ccc([N+](=O)[O-])cc3)cc2)nc2scc(C)n2c1=O. The fraction of sp³-hybridized carbons (Fsp3) is 0.136. The molecule has 156 valence electrons. The molecule has 0 saturated carbocycles. The predicted molar refractivity (Wildman–Crippen MR) is 116 cm³/mol. The summed E-state index contributed by atoms with van der Waals surface area (Å²) in [7, 11) is 0. The van der Waals surface area contributed by atoms with Gasteiger partial charge in [-0.15, -0.1) is 11.3 Å². The van der Waals surface area contributed by atoms with Crippen LogP contribution in [0.1, 0.15) is 32.7 Å². The van der Waals surface area contributed by atoms with Crippen LogP contribution in [0.15, 0.2) is 58.7 Å². The fourth-order valence-electron chi connectivity index (χ4n) is 3.09. The number of carbonyl (C=O) groups is 1. The number of non-ortho nitro benzene ring substituents is 1. The van der Waals surface area contributed by atoms with Gasteiger partial charge in [-0.1, -0.05) is 24.3 Å². The van der Waals surface area contributed by atoms with Gasteiger partial charge in [0.2, 0.25) is 5.88 Å². The summed E-state index contributed by atoms with van der Waals surface area (Å²) in [6.45, 7) is 3.73. The number of hydrogen-bond donors (Lipinski definition) is 0. The van der Waals surface area contributed by atoms with E-state index < -0.39 is 4.92 Å². The highest BCUT2D eigenvalue weighted by Gasteiger charge is 2.14. The molecule has 0 N–H and O–H groups in total. The maximum Gasteiger partial charge on any atom is 0.269 e. The van der Waals surface area contributed by atoms with Crippen LogP contribution < -0.4 is 10.3 Å². The number of nitrogens with zero attached hydrogens (tertiary/aromatic N) is 3. The number of thiazole rings is 1. The van der Waals surface area contributed by atoms with Gasteiger partial charge in [0.15, 0.2) is 10.7 Å². The maximum absolute atomic E-state index is 12.6. The summed E-state index contributed by atoms with van der Waals surface area (Å²) in [5, 5.41) is 12.6. The third-order valence-corrected chi connectivity index (χ3v) is 5.80. The largest absolute Gasteiger partial charge is 0.472 e. The number of nitro benzene ring substituents is 1. The van der Waals surface area contributed by atoms with E-state index in [1.807, 2.05) is 12.3 Å². The number of rotatable bonds is 6. The van der Waals surface area contributed by atoms with E-state index in [9.17, 15) is 19.7 Å². The smallest absolute Gasteiger partial charge is 0.269 e.